The summed E-state index contributed by atoms with van der Waals surface area (Å²) >= 11 is 0. The molecule has 0 fully saturated rings. The molecule has 2 aromatic rings. The van der Waals surface area contributed by atoms with Crippen LogP contribution in [0.15, 0.2) is 42.5 Å². The fraction of sp³-hybridized carbons (Fsp3) is 0.333. The highest BCUT2D eigenvalue weighted by Crippen LogP contribution is 2.27. The zero-order valence-corrected chi connectivity index (χ0v) is 12.4. The number of aryl methyl sites for hydroxylation is 2. The first kappa shape index (κ1) is 14.7. The summed E-state index contributed by atoms with van der Waals surface area (Å²) in [6, 6.07) is 13.3. The second-order valence-electron chi connectivity index (χ2n) is 5.27. The smallest absolute Gasteiger partial charge is 0.128 e. The van der Waals surface area contributed by atoms with E-state index in [0.29, 0.717) is 0 Å². The molecule has 0 bridgehead atoms. The van der Waals surface area contributed by atoms with E-state index in [9.17, 15) is 4.39 Å². The molecule has 0 radical (unpaired) electrons. The van der Waals surface area contributed by atoms with Gasteiger partial charge in [-0.25, -0.2) is 4.39 Å². The third kappa shape index (κ3) is 3.26. The molecule has 0 aromatic heterocycles. The van der Waals surface area contributed by atoms with Gasteiger partial charge >= 0.3 is 0 Å². The monoisotopic (exact) mass is 271 g/mol. The predicted octanol–water partition coefficient (Wildman–Crippen LogP) is 4.53. The fourth-order valence-electron chi connectivity index (χ4n) is 2.46. The summed E-state index contributed by atoms with van der Waals surface area (Å²) in [6.45, 7) is 7.14. The van der Waals surface area contributed by atoms with Crippen LogP contribution in [0.5, 0.6) is 0 Å². The molecule has 0 heterocycles. The predicted molar refractivity (Wildman–Crippen MR) is 82.5 cm³/mol. The molecule has 0 saturated heterocycles. The van der Waals surface area contributed by atoms with Gasteiger partial charge in [-0.2, -0.15) is 0 Å². The minimum atomic E-state index is -0.151. The van der Waals surface area contributed by atoms with Crippen LogP contribution in [0.4, 0.5) is 4.39 Å². The number of halogens is 1. The average Bonchev–Trinajstić information content (AvgIpc) is 2.44. The summed E-state index contributed by atoms with van der Waals surface area (Å²) in [4.78, 5) is 0. The number of rotatable bonds is 5. The largest absolute Gasteiger partial charge is 0.306 e. The molecular weight excluding hydrogens is 249 g/mol. The molecule has 0 saturated carbocycles. The molecule has 2 rings (SSSR count). The van der Waals surface area contributed by atoms with Gasteiger partial charge in [0.15, 0.2) is 0 Å². The first-order chi connectivity index (χ1) is 9.63. The molecule has 0 aliphatic carbocycles. The van der Waals surface area contributed by atoms with Crippen LogP contribution in [0, 0.1) is 19.7 Å². The Kier molecular flexibility index (Phi) is 4.91. The van der Waals surface area contributed by atoms with Crippen LogP contribution in [0.3, 0.4) is 0 Å². The molecule has 0 aliphatic rings. The quantitative estimate of drug-likeness (QED) is 0.842. The van der Waals surface area contributed by atoms with E-state index in [2.05, 4.69) is 44.3 Å². The number of hydrogen-bond donors (Lipinski definition) is 1. The van der Waals surface area contributed by atoms with E-state index in [1.807, 2.05) is 12.1 Å². The Morgan fingerprint density at radius 2 is 1.80 bits per heavy atom. The van der Waals surface area contributed by atoms with E-state index in [1.165, 1.54) is 17.2 Å². The van der Waals surface area contributed by atoms with Crippen LogP contribution in [0.25, 0.3) is 0 Å². The van der Waals surface area contributed by atoms with Gasteiger partial charge in [-0.05, 0) is 44.0 Å². The van der Waals surface area contributed by atoms with E-state index in [4.69, 9.17) is 0 Å². The maximum absolute atomic E-state index is 14.1. The molecule has 1 atom stereocenters. The van der Waals surface area contributed by atoms with Crippen molar-refractivity contribution in [1.29, 1.82) is 0 Å². The molecule has 1 N–H and O–H groups in total. The Morgan fingerprint density at radius 3 is 2.50 bits per heavy atom. The molecule has 2 aromatic carbocycles. The Hall–Kier alpha value is -1.67. The summed E-state index contributed by atoms with van der Waals surface area (Å²) in [6.07, 6.45) is 1.02. The van der Waals surface area contributed by atoms with Gasteiger partial charge in [-0.3, -0.25) is 0 Å². The molecule has 0 spiro atoms. The first-order valence-corrected chi connectivity index (χ1v) is 7.18. The Bertz CT molecular complexity index is 577. The standard InChI is InChI=1S/C18H22FN/c1-4-11-20-18(15-7-5-6-8-17(15)19)16-12-13(2)9-10-14(16)3/h5-10,12,18,20H,4,11H2,1-3H3. The van der Waals surface area contributed by atoms with E-state index < -0.39 is 0 Å². The molecule has 1 nitrogen and oxygen atoms in total. The summed E-state index contributed by atoms with van der Waals surface area (Å²) in [5, 5.41) is 3.47. The summed E-state index contributed by atoms with van der Waals surface area (Å²) in [7, 11) is 0. The lowest BCUT2D eigenvalue weighted by Crippen LogP contribution is -2.25. The van der Waals surface area contributed by atoms with Crippen LogP contribution in [0.1, 0.15) is 41.6 Å². The molecular formula is C18H22FN. The molecule has 2 heteroatoms. The molecule has 106 valence electrons. The van der Waals surface area contributed by atoms with Gasteiger partial charge in [0.25, 0.3) is 0 Å². The Labute approximate surface area is 120 Å². The van der Waals surface area contributed by atoms with Gasteiger partial charge in [-0.15, -0.1) is 0 Å². The summed E-state index contributed by atoms with van der Waals surface area (Å²) in [5.74, 6) is -0.151. The lowest BCUT2D eigenvalue weighted by Gasteiger charge is -2.22. The van der Waals surface area contributed by atoms with E-state index in [0.717, 1.165) is 24.1 Å². The average molecular weight is 271 g/mol. The van der Waals surface area contributed by atoms with Crippen LogP contribution < -0.4 is 5.32 Å². The van der Waals surface area contributed by atoms with Crippen molar-refractivity contribution in [3.05, 3.63) is 70.5 Å². The number of nitrogens with one attached hydrogen (secondary N) is 1. The fourth-order valence-corrected chi connectivity index (χ4v) is 2.46. The highest BCUT2D eigenvalue weighted by Gasteiger charge is 2.18. The molecule has 20 heavy (non-hydrogen) atoms. The van der Waals surface area contributed by atoms with Crippen LogP contribution in [-0.4, -0.2) is 6.54 Å². The van der Waals surface area contributed by atoms with Crippen LogP contribution >= 0.6 is 0 Å². The highest BCUT2D eigenvalue weighted by molar-refractivity contribution is 5.39. The van der Waals surface area contributed by atoms with E-state index in [1.54, 1.807) is 6.07 Å². The van der Waals surface area contributed by atoms with Crippen molar-refractivity contribution in [3.8, 4) is 0 Å². The zero-order valence-electron chi connectivity index (χ0n) is 12.4. The maximum atomic E-state index is 14.1. The van der Waals surface area contributed by atoms with Crippen molar-refractivity contribution < 1.29 is 4.39 Å². The normalized spacial score (nSPS) is 12.4. The zero-order chi connectivity index (χ0) is 14.5. The van der Waals surface area contributed by atoms with Crippen molar-refractivity contribution in [2.24, 2.45) is 0 Å². The van der Waals surface area contributed by atoms with Crippen molar-refractivity contribution in [2.75, 3.05) is 6.54 Å². The summed E-state index contributed by atoms with van der Waals surface area (Å²) in [5.41, 5.74) is 4.26. The van der Waals surface area contributed by atoms with Gasteiger partial charge in [0.2, 0.25) is 0 Å². The lowest BCUT2D eigenvalue weighted by molar-refractivity contribution is 0.545. The molecule has 1 unspecified atom stereocenters. The Morgan fingerprint density at radius 1 is 1.05 bits per heavy atom. The minimum Gasteiger partial charge on any atom is -0.306 e. The van der Waals surface area contributed by atoms with Gasteiger partial charge in [0.1, 0.15) is 5.82 Å². The third-order valence-corrected chi connectivity index (χ3v) is 3.56. The second kappa shape index (κ2) is 6.67. The Balaban J connectivity index is 2.47. The maximum Gasteiger partial charge on any atom is 0.128 e. The third-order valence-electron chi connectivity index (χ3n) is 3.56. The van der Waals surface area contributed by atoms with Crippen LogP contribution in [0.2, 0.25) is 0 Å². The van der Waals surface area contributed by atoms with Gasteiger partial charge in [0.05, 0.1) is 6.04 Å². The van der Waals surface area contributed by atoms with Crippen LogP contribution in [-0.2, 0) is 0 Å². The summed E-state index contributed by atoms with van der Waals surface area (Å²) < 4.78 is 14.1. The lowest BCUT2D eigenvalue weighted by atomic mass is 9.93. The topological polar surface area (TPSA) is 12.0 Å². The second-order valence-corrected chi connectivity index (χ2v) is 5.27. The van der Waals surface area contributed by atoms with Gasteiger partial charge in [-0.1, -0.05) is 48.9 Å². The van der Waals surface area contributed by atoms with Crippen molar-refractivity contribution >= 4 is 0 Å². The van der Waals surface area contributed by atoms with Gasteiger partial charge < -0.3 is 5.32 Å². The number of benzene rings is 2. The first-order valence-electron chi connectivity index (χ1n) is 7.18. The van der Waals surface area contributed by atoms with Crippen molar-refractivity contribution in [2.45, 2.75) is 33.2 Å². The SMILES string of the molecule is CCCNC(c1cc(C)ccc1C)c1ccccc1F. The minimum absolute atomic E-state index is 0.0870. The van der Waals surface area contributed by atoms with E-state index >= 15 is 0 Å². The molecule has 0 aliphatic heterocycles. The van der Waals surface area contributed by atoms with Crippen molar-refractivity contribution in [1.82, 2.24) is 5.32 Å². The molecule has 0 amide bonds. The van der Waals surface area contributed by atoms with Gasteiger partial charge in [0, 0.05) is 5.56 Å². The number of hydrogen-bond acceptors (Lipinski definition) is 1. The highest BCUT2D eigenvalue weighted by atomic mass is 19.1. The van der Waals surface area contributed by atoms with Crippen molar-refractivity contribution in [3.63, 3.8) is 0 Å². The van der Waals surface area contributed by atoms with E-state index in [-0.39, 0.29) is 11.9 Å².